The van der Waals surface area contributed by atoms with Gasteiger partial charge in [-0.1, -0.05) is 6.92 Å². The molecule has 2 heterocycles. The maximum atomic E-state index is 12.0. The minimum atomic E-state index is 0.0356. The summed E-state index contributed by atoms with van der Waals surface area (Å²) < 4.78 is 5.26. The molecule has 5 heteroatoms. The van der Waals surface area contributed by atoms with Crippen molar-refractivity contribution in [3.8, 4) is 0 Å². The number of nitrogens with one attached hydrogen (secondary N) is 1. The summed E-state index contributed by atoms with van der Waals surface area (Å²) in [6.07, 6.45) is 3.40. The average Bonchev–Trinajstić information content (AvgIpc) is 2.99. The highest BCUT2D eigenvalue weighted by Crippen LogP contribution is 2.17. The zero-order valence-electron chi connectivity index (χ0n) is 11.5. The first kappa shape index (κ1) is 13.6. The molecule has 2 unspecified atom stereocenters. The molecule has 2 aliphatic rings. The third kappa shape index (κ3) is 3.36. The summed E-state index contributed by atoms with van der Waals surface area (Å²) in [5, 5.41) is 3.03. The second kappa shape index (κ2) is 6.38. The molecule has 0 spiro atoms. The van der Waals surface area contributed by atoms with Crippen molar-refractivity contribution in [2.24, 2.45) is 0 Å². The number of carbonyl (C=O) groups is 1. The minimum absolute atomic E-state index is 0.0356. The SMILES string of the molecule is CCN1CCCC1CN(C)C(=O)NC1CCOC1. The summed E-state index contributed by atoms with van der Waals surface area (Å²) in [4.78, 5) is 16.3. The molecular formula is C13H25N3O2. The lowest BCUT2D eigenvalue weighted by Gasteiger charge is -2.28. The highest BCUT2D eigenvalue weighted by molar-refractivity contribution is 5.74. The van der Waals surface area contributed by atoms with Crippen LogP contribution in [0.3, 0.4) is 0 Å². The highest BCUT2D eigenvalue weighted by atomic mass is 16.5. The first-order valence-electron chi connectivity index (χ1n) is 7.04. The van der Waals surface area contributed by atoms with Crippen LogP contribution in [-0.4, -0.2) is 67.8 Å². The van der Waals surface area contributed by atoms with Gasteiger partial charge in [-0.2, -0.15) is 0 Å². The van der Waals surface area contributed by atoms with Crippen molar-refractivity contribution in [1.82, 2.24) is 15.1 Å². The number of hydrogen-bond donors (Lipinski definition) is 1. The quantitative estimate of drug-likeness (QED) is 0.812. The predicted molar refractivity (Wildman–Crippen MR) is 70.7 cm³/mol. The summed E-state index contributed by atoms with van der Waals surface area (Å²) in [6, 6.07) is 0.768. The Morgan fingerprint density at radius 1 is 1.50 bits per heavy atom. The molecular weight excluding hydrogens is 230 g/mol. The van der Waals surface area contributed by atoms with Gasteiger partial charge in [0.15, 0.2) is 0 Å². The number of urea groups is 1. The van der Waals surface area contributed by atoms with Gasteiger partial charge in [-0.3, -0.25) is 4.90 Å². The average molecular weight is 255 g/mol. The Morgan fingerprint density at radius 2 is 2.33 bits per heavy atom. The predicted octanol–water partition coefficient (Wildman–Crippen LogP) is 0.901. The maximum absolute atomic E-state index is 12.0. The van der Waals surface area contributed by atoms with E-state index in [4.69, 9.17) is 4.74 Å². The van der Waals surface area contributed by atoms with Crippen molar-refractivity contribution >= 4 is 6.03 Å². The molecule has 2 atom stereocenters. The monoisotopic (exact) mass is 255 g/mol. The van der Waals surface area contributed by atoms with Gasteiger partial charge >= 0.3 is 6.03 Å². The lowest BCUT2D eigenvalue weighted by molar-refractivity contribution is 0.170. The van der Waals surface area contributed by atoms with Crippen LogP contribution in [0.25, 0.3) is 0 Å². The number of likely N-dealkylation sites (tertiary alicyclic amines) is 1. The van der Waals surface area contributed by atoms with E-state index in [-0.39, 0.29) is 12.1 Å². The highest BCUT2D eigenvalue weighted by Gasteiger charge is 2.26. The first-order chi connectivity index (χ1) is 8.70. The molecule has 2 saturated heterocycles. The van der Waals surface area contributed by atoms with Gasteiger partial charge in [-0.15, -0.1) is 0 Å². The van der Waals surface area contributed by atoms with E-state index in [2.05, 4.69) is 17.1 Å². The second-order valence-electron chi connectivity index (χ2n) is 5.32. The molecule has 2 aliphatic heterocycles. The first-order valence-corrected chi connectivity index (χ1v) is 7.04. The molecule has 0 aliphatic carbocycles. The third-order valence-electron chi connectivity index (χ3n) is 3.99. The Bertz CT molecular complexity index is 279. The number of rotatable bonds is 4. The molecule has 0 aromatic heterocycles. The van der Waals surface area contributed by atoms with Crippen LogP contribution in [-0.2, 0) is 4.74 Å². The summed E-state index contributed by atoms with van der Waals surface area (Å²) in [7, 11) is 1.89. The van der Waals surface area contributed by atoms with E-state index in [0.29, 0.717) is 12.6 Å². The van der Waals surface area contributed by atoms with Crippen molar-refractivity contribution in [3.05, 3.63) is 0 Å². The molecule has 0 bridgehead atoms. The van der Waals surface area contributed by atoms with Crippen LogP contribution in [0, 0.1) is 0 Å². The number of amides is 2. The van der Waals surface area contributed by atoms with Crippen LogP contribution >= 0.6 is 0 Å². The van der Waals surface area contributed by atoms with E-state index in [0.717, 1.165) is 26.1 Å². The van der Waals surface area contributed by atoms with Crippen LogP contribution in [0.5, 0.6) is 0 Å². The number of hydrogen-bond acceptors (Lipinski definition) is 3. The van der Waals surface area contributed by atoms with E-state index in [1.165, 1.54) is 19.4 Å². The van der Waals surface area contributed by atoms with Crippen LogP contribution in [0.15, 0.2) is 0 Å². The van der Waals surface area contributed by atoms with E-state index < -0.39 is 0 Å². The van der Waals surface area contributed by atoms with Gasteiger partial charge in [0.2, 0.25) is 0 Å². The Hall–Kier alpha value is -0.810. The summed E-state index contributed by atoms with van der Waals surface area (Å²) in [6.45, 7) is 6.69. The van der Waals surface area contributed by atoms with Gasteiger partial charge in [0.1, 0.15) is 0 Å². The Balaban J connectivity index is 1.75. The maximum Gasteiger partial charge on any atom is 0.317 e. The lowest BCUT2D eigenvalue weighted by Crippen LogP contribution is -2.47. The second-order valence-corrected chi connectivity index (χ2v) is 5.32. The van der Waals surface area contributed by atoms with Gasteiger partial charge < -0.3 is 15.0 Å². The van der Waals surface area contributed by atoms with Crippen molar-refractivity contribution in [2.75, 3.05) is 39.9 Å². The summed E-state index contributed by atoms with van der Waals surface area (Å²) in [5.41, 5.74) is 0. The fourth-order valence-electron chi connectivity index (χ4n) is 2.85. The topological polar surface area (TPSA) is 44.8 Å². The standard InChI is InChI=1S/C13H25N3O2/c1-3-16-7-4-5-12(16)9-15(2)13(17)14-11-6-8-18-10-11/h11-12H,3-10H2,1-2H3,(H,14,17). The van der Waals surface area contributed by atoms with E-state index in [1.807, 2.05) is 11.9 Å². The molecule has 5 nitrogen and oxygen atoms in total. The molecule has 104 valence electrons. The fraction of sp³-hybridized carbons (Fsp3) is 0.923. The van der Waals surface area contributed by atoms with Crippen LogP contribution in [0.4, 0.5) is 4.79 Å². The Labute approximate surface area is 109 Å². The minimum Gasteiger partial charge on any atom is -0.379 e. The molecule has 18 heavy (non-hydrogen) atoms. The van der Waals surface area contributed by atoms with Crippen molar-refractivity contribution < 1.29 is 9.53 Å². The molecule has 0 saturated carbocycles. The van der Waals surface area contributed by atoms with Crippen molar-refractivity contribution in [2.45, 2.75) is 38.3 Å². The molecule has 2 amide bonds. The van der Waals surface area contributed by atoms with E-state index in [1.54, 1.807) is 0 Å². The Kier molecular flexibility index (Phi) is 4.83. The van der Waals surface area contributed by atoms with Gasteiger partial charge in [0.25, 0.3) is 0 Å². The number of likely N-dealkylation sites (N-methyl/N-ethyl adjacent to an activating group) is 2. The fourth-order valence-corrected chi connectivity index (χ4v) is 2.85. The van der Waals surface area contributed by atoms with Gasteiger partial charge in [-0.05, 0) is 32.4 Å². The zero-order valence-corrected chi connectivity index (χ0v) is 11.5. The third-order valence-corrected chi connectivity index (χ3v) is 3.99. The summed E-state index contributed by atoms with van der Waals surface area (Å²) in [5.74, 6) is 0. The normalized spacial score (nSPS) is 28.6. The van der Waals surface area contributed by atoms with Crippen LogP contribution < -0.4 is 5.32 Å². The van der Waals surface area contributed by atoms with Crippen molar-refractivity contribution in [1.29, 1.82) is 0 Å². The van der Waals surface area contributed by atoms with Crippen LogP contribution in [0.2, 0.25) is 0 Å². The zero-order chi connectivity index (χ0) is 13.0. The van der Waals surface area contributed by atoms with Gasteiger partial charge in [-0.25, -0.2) is 4.79 Å². The largest absolute Gasteiger partial charge is 0.379 e. The van der Waals surface area contributed by atoms with E-state index >= 15 is 0 Å². The smallest absolute Gasteiger partial charge is 0.317 e. The van der Waals surface area contributed by atoms with Crippen molar-refractivity contribution in [3.63, 3.8) is 0 Å². The molecule has 0 aromatic rings. The number of ether oxygens (including phenoxy) is 1. The number of nitrogens with zero attached hydrogens (tertiary/aromatic N) is 2. The molecule has 2 fully saturated rings. The van der Waals surface area contributed by atoms with Crippen LogP contribution in [0.1, 0.15) is 26.2 Å². The molecule has 1 N–H and O–H groups in total. The summed E-state index contributed by atoms with van der Waals surface area (Å²) >= 11 is 0. The molecule has 0 radical (unpaired) electrons. The molecule has 2 rings (SSSR count). The Morgan fingerprint density at radius 3 is 3.00 bits per heavy atom. The lowest BCUT2D eigenvalue weighted by atomic mass is 10.2. The van der Waals surface area contributed by atoms with Gasteiger partial charge in [0.05, 0.1) is 12.6 Å². The van der Waals surface area contributed by atoms with Gasteiger partial charge in [0, 0.05) is 26.2 Å². The van der Waals surface area contributed by atoms with E-state index in [9.17, 15) is 4.79 Å². The molecule has 0 aromatic carbocycles. The number of carbonyl (C=O) groups excluding carboxylic acids is 1.